The molecular formula is C13H17N3O5. The topological polar surface area (TPSA) is 118 Å². The Morgan fingerprint density at radius 1 is 1.43 bits per heavy atom. The lowest BCUT2D eigenvalue weighted by molar-refractivity contribution is -0.147. The fraction of sp³-hybridized carbons (Fsp3) is 0.385. The summed E-state index contributed by atoms with van der Waals surface area (Å²) in [6, 6.07) is 1.67. The van der Waals surface area contributed by atoms with Crippen molar-refractivity contribution in [2.24, 2.45) is 0 Å². The molecule has 0 aliphatic heterocycles. The Bertz CT molecular complexity index is 492. The number of ether oxygens (including phenoxy) is 1. The summed E-state index contributed by atoms with van der Waals surface area (Å²) in [5, 5.41) is 13.6. The van der Waals surface area contributed by atoms with Crippen LogP contribution >= 0.6 is 0 Å². The lowest BCUT2D eigenvalue weighted by Crippen LogP contribution is -2.47. The molecule has 8 heteroatoms. The first-order chi connectivity index (χ1) is 10.0. The third-order valence-electron chi connectivity index (χ3n) is 2.62. The number of carboxylic acid groups (broad SMARTS) is 1. The maximum absolute atomic E-state index is 11.6. The molecule has 8 nitrogen and oxygen atoms in total. The van der Waals surface area contributed by atoms with Gasteiger partial charge in [0.15, 0.2) is 0 Å². The van der Waals surface area contributed by atoms with Crippen molar-refractivity contribution in [3.63, 3.8) is 0 Å². The molecule has 1 aromatic heterocycles. The normalized spacial score (nSPS) is 11.3. The summed E-state index contributed by atoms with van der Waals surface area (Å²) in [6.45, 7) is 0.322. The summed E-state index contributed by atoms with van der Waals surface area (Å²) in [5.74, 6) is -2.01. The number of aromatic nitrogens is 1. The SMILES string of the molecule is COC(=O)C[C@H](NC(=O)NCCc1cccnc1)C(=O)O. The molecule has 21 heavy (non-hydrogen) atoms. The molecule has 1 atom stereocenters. The van der Waals surface area contributed by atoms with Gasteiger partial charge in [0.2, 0.25) is 0 Å². The number of carbonyl (C=O) groups is 3. The molecule has 1 aromatic rings. The highest BCUT2D eigenvalue weighted by Gasteiger charge is 2.23. The smallest absolute Gasteiger partial charge is 0.326 e. The van der Waals surface area contributed by atoms with Gasteiger partial charge in [0.1, 0.15) is 6.04 Å². The molecule has 1 heterocycles. The fourth-order valence-corrected chi connectivity index (χ4v) is 1.53. The van der Waals surface area contributed by atoms with E-state index in [-0.39, 0.29) is 0 Å². The average molecular weight is 295 g/mol. The molecule has 0 fully saturated rings. The first kappa shape index (κ1) is 16.4. The second-order valence-electron chi connectivity index (χ2n) is 4.18. The highest BCUT2D eigenvalue weighted by Crippen LogP contribution is 1.97. The van der Waals surface area contributed by atoms with Crippen LogP contribution in [0.25, 0.3) is 0 Å². The molecular weight excluding hydrogens is 278 g/mol. The number of esters is 1. The first-order valence-electron chi connectivity index (χ1n) is 6.26. The van der Waals surface area contributed by atoms with Gasteiger partial charge < -0.3 is 20.5 Å². The van der Waals surface area contributed by atoms with Crippen molar-refractivity contribution in [1.29, 1.82) is 0 Å². The third-order valence-corrected chi connectivity index (χ3v) is 2.62. The average Bonchev–Trinajstić information content (AvgIpc) is 2.47. The van der Waals surface area contributed by atoms with Gasteiger partial charge in [0, 0.05) is 18.9 Å². The largest absolute Gasteiger partial charge is 0.480 e. The van der Waals surface area contributed by atoms with Crippen LogP contribution in [0.2, 0.25) is 0 Å². The van der Waals surface area contributed by atoms with Gasteiger partial charge >= 0.3 is 18.0 Å². The molecule has 3 N–H and O–H groups in total. The van der Waals surface area contributed by atoms with Gasteiger partial charge in [-0.1, -0.05) is 6.07 Å². The number of nitrogens with one attached hydrogen (secondary N) is 2. The summed E-state index contributed by atoms with van der Waals surface area (Å²) >= 11 is 0. The summed E-state index contributed by atoms with van der Waals surface area (Å²) in [5.41, 5.74) is 0.946. The molecule has 0 aliphatic rings. The molecule has 114 valence electrons. The van der Waals surface area contributed by atoms with Gasteiger partial charge in [0.25, 0.3) is 0 Å². The molecule has 0 saturated carbocycles. The van der Waals surface area contributed by atoms with E-state index in [0.717, 1.165) is 12.7 Å². The number of amides is 2. The monoisotopic (exact) mass is 295 g/mol. The highest BCUT2D eigenvalue weighted by molar-refractivity contribution is 5.86. The van der Waals surface area contributed by atoms with Crippen LogP contribution in [-0.4, -0.2) is 47.8 Å². The van der Waals surface area contributed by atoms with Crippen LogP contribution in [0.5, 0.6) is 0 Å². The number of pyridine rings is 1. The summed E-state index contributed by atoms with van der Waals surface area (Å²) < 4.78 is 4.37. The Morgan fingerprint density at radius 3 is 2.76 bits per heavy atom. The zero-order valence-electron chi connectivity index (χ0n) is 11.5. The van der Waals surface area contributed by atoms with E-state index in [9.17, 15) is 14.4 Å². The van der Waals surface area contributed by atoms with Crippen LogP contribution in [0.15, 0.2) is 24.5 Å². The van der Waals surface area contributed by atoms with Crippen LogP contribution in [-0.2, 0) is 20.7 Å². The Labute approximate surface area is 121 Å². The number of carbonyl (C=O) groups excluding carboxylic acids is 2. The lowest BCUT2D eigenvalue weighted by Gasteiger charge is -2.14. The van der Waals surface area contributed by atoms with Crippen LogP contribution < -0.4 is 10.6 Å². The fourth-order valence-electron chi connectivity index (χ4n) is 1.53. The van der Waals surface area contributed by atoms with Crippen molar-refractivity contribution in [3.8, 4) is 0 Å². The molecule has 1 rings (SSSR count). The van der Waals surface area contributed by atoms with Crippen LogP contribution in [0.4, 0.5) is 4.79 Å². The van der Waals surface area contributed by atoms with Gasteiger partial charge in [-0.3, -0.25) is 9.78 Å². The molecule has 0 saturated heterocycles. The van der Waals surface area contributed by atoms with Gasteiger partial charge in [-0.2, -0.15) is 0 Å². The zero-order chi connectivity index (χ0) is 15.7. The number of nitrogens with zero attached hydrogens (tertiary/aromatic N) is 1. The van der Waals surface area contributed by atoms with Gasteiger partial charge in [-0.25, -0.2) is 9.59 Å². The highest BCUT2D eigenvalue weighted by atomic mass is 16.5. The van der Waals surface area contributed by atoms with Gasteiger partial charge in [0.05, 0.1) is 13.5 Å². The van der Waals surface area contributed by atoms with Crippen molar-refractivity contribution in [2.45, 2.75) is 18.9 Å². The van der Waals surface area contributed by atoms with Gasteiger partial charge in [-0.05, 0) is 18.1 Å². The second-order valence-corrected chi connectivity index (χ2v) is 4.18. The number of methoxy groups -OCH3 is 1. The van der Waals surface area contributed by atoms with Gasteiger partial charge in [-0.15, -0.1) is 0 Å². The van der Waals surface area contributed by atoms with E-state index in [1.165, 1.54) is 0 Å². The van der Waals surface area contributed by atoms with E-state index in [1.807, 2.05) is 6.07 Å². The lowest BCUT2D eigenvalue weighted by atomic mass is 10.2. The molecule has 0 unspecified atom stereocenters. The first-order valence-corrected chi connectivity index (χ1v) is 6.26. The van der Waals surface area contributed by atoms with Crippen molar-refractivity contribution in [3.05, 3.63) is 30.1 Å². The maximum Gasteiger partial charge on any atom is 0.326 e. The minimum Gasteiger partial charge on any atom is -0.480 e. The van der Waals surface area contributed by atoms with Crippen molar-refractivity contribution in [2.75, 3.05) is 13.7 Å². The van der Waals surface area contributed by atoms with Crippen molar-refractivity contribution >= 4 is 18.0 Å². The standard InChI is InChI=1S/C13H17N3O5/c1-21-11(17)7-10(12(18)19)16-13(20)15-6-4-9-3-2-5-14-8-9/h2-3,5,8,10H,4,6-7H2,1H3,(H,18,19)(H2,15,16,20)/t10-/m0/s1. The molecule has 0 aliphatic carbocycles. The Kier molecular flexibility index (Phi) is 6.66. The molecule has 0 aromatic carbocycles. The molecule has 2 amide bonds. The summed E-state index contributed by atoms with van der Waals surface area (Å²) in [6.07, 6.45) is 3.46. The maximum atomic E-state index is 11.6. The predicted molar refractivity (Wildman–Crippen MR) is 72.5 cm³/mol. The Morgan fingerprint density at radius 2 is 2.19 bits per heavy atom. The predicted octanol–water partition coefficient (Wildman–Crippen LogP) is -0.0604. The van der Waals surface area contributed by atoms with Crippen molar-refractivity contribution < 1.29 is 24.2 Å². The van der Waals surface area contributed by atoms with E-state index in [2.05, 4.69) is 20.4 Å². The summed E-state index contributed by atoms with van der Waals surface area (Å²) in [4.78, 5) is 37.5. The Hall–Kier alpha value is -2.64. The number of hydrogen-bond donors (Lipinski definition) is 3. The minimum absolute atomic E-state index is 0.322. The quantitative estimate of drug-likeness (QED) is 0.607. The number of carboxylic acids is 1. The molecule has 0 radical (unpaired) electrons. The summed E-state index contributed by atoms with van der Waals surface area (Å²) in [7, 11) is 1.15. The van der Waals surface area contributed by atoms with Crippen LogP contribution in [0.1, 0.15) is 12.0 Å². The van der Waals surface area contributed by atoms with E-state index < -0.39 is 30.4 Å². The number of rotatable bonds is 7. The number of hydrogen-bond acceptors (Lipinski definition) is 5. The van der Waals surface area contributed by atoms with Crippen LogP contribution in [0.3, 0.4) is 0 Å². The number of aliphatic carboxylic acids is 1. The number of urea groups is 1. The Balaban J connectivity index is 2.36. The second kappa shape index (κ2) is 8.51. The van der Waals surface area contributed by atoms with Crippen LogP contribution in [0, 0.1) is 0 Å². The zero-order valence-corrected chi connectivity index (χ0v) is 11.5. The van der Waals surface area contributed by atoms with Crippen molar-refractivity contribution in [1.82, 2.24) is 15.6 Å². The third kappa shape index (κ3) is 6.37. The molecule has 0 bridgehead atoms. The minimum atomic E-state index is -1.32. The van der Waals surface area contributed by atoms with E-state index in [4.69, 9.17) is 5.11 Å². The van der Waals surface area contributed by atoms with E-state index >= 15 is 0 Å². The van der Waals surface area contributed by atoms with E-state index in [0.29, 0.717) is 13.0 Å². The van der Waals surface area contributed by atoms with E-state index in [1.54, 1.807) is 18.5 Å². The molecule has 0 spiro atoms.